The molecule has 0 fully saturated rings. The van der Waals surface area contributed by atoms with E-state index >= 15 is 0 Å². The van der Waals surface area contributed by atoms with Gasteiger partial charge in [0.05, 0.1) is 17.4 Å². The van der Waals surface area contributed by atoms with E-state index in [1.54, 1.807) is 6.07 Å². The molecule has 0 unspecified atom stereocenters. The maximum absolute atomic E-state index is 13.1. The van der Waals surface area contributed by atoms with Gasteiger partial charge in [-0.05, 0) is 24.3 Å². The van der Waals surface area contributed by atoms with E-state index in [2.05, 4.69) is 10.3 Å². The first-order chi connectivity index (χ1) is 10.1. The van der Waals surface area contributed by atoms with Crippen LogP contribution < -0.4 is 5.32 Å². The number of anilines is 1. The predicted molar refractivity (Wildman–Crippen MR) is 76.1 cm³/mol. The van der Waals surface area contributed by atoms with Gasteiger partial charge in [0.1, 0.15) is 11.6 Å². The summed E-state index contributed by atoms with van der Waals surface area (Å²) in [5, 5.41) is 3.43. The summed E-state index contributed by atoms with van der Waals surface area (Å²) in [7, 11) is 0. The van der Waals surface area contributed by atoms with Gasteiger partial charge in [0, 0.05) is 17.0 Å². The number of nitrogens with one attached hydrogen (secondary N) is 1. The molecule has 0 aliphatic heterocycles. The van der Waals surface area contributed by atoms with Crippen molar-refractivity contribution in [3.8, 4) is 0 Å². The molecule has 1 heterocycles. The van der Waals surface area contributed by atoms with E-state index in [-0.39, 0.29) is 5.56 Å². The Morgan fingerprint density at radius 3 is 2.48 bits per heavy atom. The molecular formula is C16H10F2N2O. The van der Waals surface area contributed by atoms with Crippen LogP contribution in [0.25, 0.3) is 10.9 Å². The van der Waals surface area contributed by atoms with Gasteiger partial charge in [0.2, 0.25) is 0 Å². The van der Waals surface area contributed by atoms with Crippen LogP contribution in [0.2, 0.25) is 0 Å². The zero-order valence-corrected chi connectivity index (χ0v) is 10.8. The Bertz CT molecular complexity index is 813. The lowest BCUT2D eigenvalue weighted by molar-refractivity contribution is 0.102. The van der Waals surface area contributed by atoms with Crippen molar-refractivity contribution in [2.75, 3.05) is 5.32 Å². The molecule has 2 aromatic carbocycles. The number of nitrogens with zero attached hydrogens (tertiary/aromatic N) is 1. The second-order valence-electron chi connectivity index (χ2n) is 4.53. The van der Waals surface area contributed by atoms with Crippen molar-refractivity contribution in [1.29, 1.82) is 0 Å². The maximum Gasteiger partial charge on any atom is 0.255 e. The molecule has 5 heteroatoms. The van der Waals surface area contributed by atoms with E-state index in [9.17, 15) is 13.6 Å². The molecule has 0 spiro atoms. The van der Waals surface area contributed by atoms with Gasteiger partial charge in [-0.3, -0.25) is 9.78 Å². The fourth-order valence-electron chi connectivity index (χ4n) is 2.03. The van der Waals surface area contributed by atoms with Crippen molar-refractivity contribution in [2.24, 2.45) is 0 Å². The van der Waals surface area contributed by atoms with Gasteiger partial charge in [-0.2, -0.15) is 0 Å². The predicted octanol–water partition coefficient (Wildman–Crippen LogP) is 3.77. The number of hydrogen-bond donors (Lipinski definition) is 1. The van der Waals surface area contributed by atoms with E-state index < -0.39 is 17.5 Å². The molecule has 0 aliphatic carbocycles. The third-order valence-corrected chi connectivity index (χ3v) is 2.97. The number of carbonyl (C=O) groups is 1. The molecule has 0 saturated heterocycles. The van der Waals surface area contributed by atoms with E-state index in [0.29, 0.717) is 11.8 Å². The lowest BCUT2D eigenvalue weighted by Crippen LogP contribution is -2.12. The molecule has 0 atom stereocenters. The van der Waals surface area contributed by atoms with Gasteiger partial charge in [0.25, 0.3) is 5.91 Å². The van der Waals surface area contributed by atoms with Gasteiger partial charge < -0.3 is 5.32 Å². The normalized spacial score (nSPS) is 10.6. The van der Waals surface area contributed by atoms with Crippen LogP contribution in [0.4, 0.5) is 14.5 Å². The van der Waals surface area contributed by atoms with Crippen molar-refractivity contribution >= 4 is 22.5 Å². The standard InChI is InChI=1S/C16H10F2N2O/c17-12-5-11(6-13(18)8-12)16(21)20-14-7-10-3-1-2-4-15(10)19-9-14/h1-9H,(H,20,21). The molecule has 1 N–H and O–H groups in total. The van der Waals surface area contributed by atoms with E-state index in [1.165, 1.54) is 6.20 Å². The molecule has 0 aliphatic rings. The Morgan fingerprint density at radius 1 is 1.00 bits per heavy atom. The molecule has 3 aromatic rings. The van der Waals surface area contributed by atoms with Gasteiger partial charge in [-0.25, -0.2) is 8.78 Å². The average molecular weight is 284 g/mol. The SMILES string of the molecule is O=C(Nc1cnc2ccccc2c1)c1cc(F)cc(F)c1. The highest BCUT2D eigenvalue weighted by Gasteiger charge is 2.10. The Kier molecular flexibility index (Phi) is 3.31. The minimum Gasteiger partial charge on any atom is -0.321 e. The molecular weight excluding hydrogens is 274 g/mol. The molecule has 0 saturated carbocycles. The third kappa shape index (κ3) is 2.86. The first-order valence-electron chi connectivity index (χ1n) is 6.24. The number of para-hydroxylation sites is 1. The van der Waals surface area contributed by atoms with Crippen molar-refractivity contribution in [3.63, 3.8) is 0 Å². The second kappa shape index (κ2) is 5.28. The van der Waals surface area contributed by atoms with E-state index in [0.717, 1.165) is 23.0 Å². The molecule has 0 radical (unpaired) electrons. The van der Waals surface area contributed by atoms with Crippen LogP contribution >= 0.6 is 0 Å². The Hall–Kier alpha value is -2.82. The summed E-state index contributed by atoms with van der Waals surface area (Å²) in [6, 6.07) is 11.9. The minimum atomic E-state index is -0.795. The highest BCUT2D eigenvalue weighted by molar-refractivity contribution is 6.04. The van der Waals surface area contributed by atoms with Gasteiger partial charge in [-0.1, -0.05) is 18.2 Å². The number of halogens is 2. The van der Waals surface area contributed by atoms with Crippen molar-refractivity contribution < 1.29 is 13.6 Å². The summed E-state index contributed by atoms with van der Waals surface area (Å²) < 4.78 is 26.2. The number of fused-ring (bicyclic) bond motifs is 1. The quantitative estimate of drug-likeness (QED) is 0.778. The van der Waals surface area contributed by atoms with Crippen molar-refractivity contribution in [1.82, 2.24) is 4.98 Å². The van der Waals surface area contributed by atoms with Crippen molar-refractivity contribution in [3.05, 3.63) is 71.9 Å². The van der Waals surface area contributed by atoms with Crippen LogP contribution in [-0.4, -0.2) is 10.9 Å². The highest BCUT2D eigenvalue weighted by atomic mass is 19.1. The van der Waals surface area contributed by atoms with E-state index in [4.69, 9.17) is 0 Å². The molecule has 1 aromatic heterocycles. The first kappa shape index (κ1) is 13.2. The van der Waals surface area contributed by atoms with Gasteiger partial charge >= 0.3 is 0 Å². The van der Waals surface area contributed by atoms with Crippen LogP contribution in [0.3, 0.4) is 0 Å². The third-order valence-electron chi connectivity index (χ3n) is 2.97. The van der Waals surface area contributed by atoms with E-state index in [1.807, 2.05) is 24.3 Å². The number of pyridine rings is 1. The fraction of sp³-hybridized carbons (Fsp3) is 0. The first-order valence-corrected chi connectivity index (χ1v) is 6.24. The topological polar surface area (TPSA) is 42.0 Å². The summed E-state index contributed by atoms with van der Waals surface area (Å²) in [5.41, 5.74) is 1.18. The number of benzene rings is 2. The zero-order valence-electron chi connectivity index (χ0n) is 10.8. The summed E-state index contributed by atoms with van der Waals surface area (Å²) in [4.78, 5) is 16.2. The summed E-state index contributed by atoms with van der Waals surface area (Å²) in [5.74, 6) is -2.18. The van der Waals surface area contributed by atoms with Crippen LogP contribution in [0, 0.1) is 11.6 Å². The van der Waals surface area contributed by atoms with Gasteiger partial charge in [0.15, 0.2) is 0 Å². The molecule has 21 heavy (non-hydrogen) atoms. The van der Waals surface area contributed by atoms with Gasteiger partial charge in [-0.15, -0.1) is 0 Å². The number of rotatable bonds is 2. The van der Waals surface area contributed by atoms with Crippen LogP contribution in [-0.2, 0) is 0 Å². The summed E-state index contributed by atoms with van der Waals surface area (Å²) in [6.45, 7) is 0. The van der Waals surface area contributed by atoms with Crippen LogP contribution in [0.5, 0.6) is 0 Å². The zero-order chi connectivity index (χ0) is 14.8. The number of carbonyl (C=O) groups excluding carboxylic acids is 1. The Morgan fingerprint density at radius 2 is 1.71 bits per heavy atom. The molecule has 0 bridgehead atoms. The van der Waals surface area contributed by atoms with Crippen molar-refractivity contribution in [2.45, 2.75) is 0 Å². The monoisotopic (exact) mass is 284 g/mol. The average Bonchev–Trinajstić information content (AvgIpc) is 2.46. The number of aromatic nitrogens is 1. The lowest BCUT2D eigenvalue weighted by Gasteiger charge is -2.06. The summed E-state index contributed by atoms with van der Waals surface area (Å²) >= 11 is 0. The molecule has 3 nitrogen and oxygen atoms in total. The number of amides is 1. The molecule has 3 rings (SSSR count). The van der Waals surface area contributed by atoms with Crippen LogP contribution in [0.1, 0.15) is 10.4 Å². The minimum absolute atomic E-state index is 0.0827. The lowest BCUT2D eigenvalue weighted by atomic mass is 10.2. The Labute approximate surface area is 119 Å². The highest BCUT2D eigenvalue weighted by Crippen LogP contribution is 2.17. The smallest absolute Gasteiger partial charge is 0.255 e. The largest absolute Gasteiger partial charge is 0.321 e. The number of hydrogen-bond acceptors (Lipinski definition) is 2. The van der Waals surface area contributed by atoms with Crippen LogP contribution in [0.15, 0.2) is 54.7 Å². The fourth-order valence-corrected chi connectivity index (χ4v) is 2.03. The molecule has 104 valence electrons. The Balaban J connectivity index is 1.88. The summed E-state index contributed by atoms with van der Waals surface area (Å²) in [6.07, 6.45) is 1.50. The second-order valence-corrected chi connectivity index (χ2v) is 4.53. The molecule has 1 amide bonds. The maximum atomic E-state index is 13.1.